The van der Waals surface area contributed by atoms with Gasteiger partial charge in [-0.1, -0.05) is 0 Å². The molecule has 0 fully saturated rings. The van der Waals surface area contributed by atoms with Crippen molar-refractivity contribution >= 4 is 27.5 Å². The van der Waals surface area contributed by atoms with Crippen molar-refractivity contribution in [3.8, 4) is 11.4 Å². The molecule has 0 spiro atoms. The molecule has 3 N–H and O–H groups in total. The maximum Gasteiger partial charge on any atom is 0.416 e. The van der Waals surface area contributed by atoms with Gasteiger partial charge in [0.25, 0.3) is 0 Å². The first-order valence-electron chi connectivity index (χ1n) is 8.18. The molecule has 0 aliphatic heterocycles. The smallest absolute Gasteiger partial charge is 0.359 e. The van der Waals surface area contributed by atoms with Crippen LogP contribution in [0.2, 0.25) is 0 Å². The van der Waals surface area contributed by atoms with Crippen molar-refractivity contribution in [2.75, 3.05) is 0 Å². The van der Waals surface area contributed by atoms with Crippen molar-refractivity contribution < 1.29 is 13.2 Å². The van der Waals surface area contributed by atoms with E-state index in [-0.39, 0.29) is 0 Å². The molecular formula is C19H14F3N5S. The second-order valence-electron chi connectivity index (χ2n) is 5.93. The highest BCUT2D eigenvalue weighted by atomic mass is 32.2. The molecule has 28 heavy (non-hydrogen) atoms. The Morgan fingerprint density at radius 3 is 2.39 bits per heavy atom. The summed E-state index contributed by atoms with van der Waals surface area (Å²) in [4.78, 5) is 12.1. The van der Waals surface area contributed by atoms with Crippen LogP contribution in [0.4, 0.5) is 18.9 Å². The number of benzene rings is 2. The molecule has 2 aromatic carbocycles. The summed E-state index contributed by atoms with van der Waals surface area (Å²) in [6.45, 7) is 0. The number of H-pyrrole nitrogens is 1. The van der Waals surface area contributed by atoms with E-state index in [2.05, 4.69) is 19.3 Å². The molecule has 5 nitrogen and oxygen atoms in total. The summed E-state index contributed by atoms with van der Waals surface area (Å²) in [7, 11) is -1.10. The van der Waals surface area contributed by atoms with Gasteiger partial charge in [0.05, 0.1) is 11.3 Å². The van der Waals surface area contributed by atoms with Crippen LogP contribution in [-0.2, 0) is 17.1 Å². The third-order valence-corrected chi connectivity index (χ3v) is 5.25. The highest BCUT2D eigenvalue weighted by molar-refractivity contribution is 7.85. The predicted octanol–water partition coefficient (Wildman–Crippen LogP) is 5.01. The maximum absolute atomic E-state index is 12.7. The van der Waals surface area contributed by atoms with Gasteiger partial charge in [0.1, 0.15) is 0 Å². The summed E-state index contributed by atoms with van der Waals surface area (Å²) in [5.41, 5.74) is 1.60. The molecule has 2 heterocycles. The molecule has 0 saturated heterocycles. The van der Waals surface area contributed by atoms with Crippen LogP contribution < -0.4 is 5.14 Å². The van der Waals surface area contributed by atoms with E-state index < -0.39 is 22.6 Å². The van der Waals surface area contributed by atoms with Crippen molar-refractivity contribution in [1.29, 1.82) is 0 Å². The molecule has 4 rings (SSSR count). The Bertz CT molecular complexity index is 1150. The first-order chi connectivity index (χ1) is 13.4. The van der Waals surface area contributed by atoms with Gasteiger partial charge >= 0.3 is 6.18 Å². The van der Waals surface area contributed by atoms with Gasteiger partial charge in [0.15, 0.2) is 5.82 Å². The van der Waals surface area contributed by atoms with E-state index in [1.165, 1.54) is 12.1 Å². The van der Waals surface area contributed by atoms with E-state index in [0.717, 1.165) is 28.6 Å². The minimum Gasteiger partial charge on any atom is -0.359 e. The lowest BCUT2D eigenvalue weighted by atomic mass is 10.1. The standard InChI is InChI=1S/C19H14F3N5S/c20-19(21,22)13-3-5-14(6-4-13)28(23)27-17-11-26-16-7-2-12(10-15(16)17)18-24-8-1-9-25-18/h1-11,26H,(H2,23,27). The van der Waals surface area contributed by atoms with Gasteiger partial charge < -0.3 is 4.98 Å². The van der Waals surface area contributed by atoms with Gasteiger partial charge in [-0.3, -0.25) is 5.14 Å². The number of nitrogens with zero attached hydrogens (tertiary/aromatic N) is 3. The number of nitrogens with two attached hydrogens (primary N) is 1. The molecular weight excluding hydrogens is 387 g/mol. The zero-order valence-corrected chi connectivity index (χ0v) is 15.1. The lowest BCUT2D eigenvalue weighted by Crippen LogP contribution is -2.06. The maximum atomic E-state index is 12.7. The molecule has 4 aromatic rings. The quantitative estimate of drug-likeness (QED) is 0.506. The second-order valence-corrected chi connectivity index (χ2v) is 7.22. The molecule has 1 atom stereocenters. The lowest BCUT2D eigenvalue weighted by Gasteiger charge is -2.07. The molecule has 0 amide bonds. The number of aromatic amines is 1. The molecule has 0 bridgehead atoms. The summed E-state index contributed by atoms with van der Waals surface area (Å²) in [5.74, 6) is 0.589. The average Bonchev–Trinajstić information content (AvgIpc) is 3.10. The highest BCUT2D eigenvalue weighted by Crippen LogP contribution is 2.32. The fourth-order valence-electron chi connectivity index (χ4n) is 2.71. The van der Waals surface area contributed by atoms with Crippen LogP contribution in [0.15, 0.2) is 76.4 Å². The SMILES string of the molecule is NS(=Nc1c[nH]c2ccc(-c3ncccn3)cc12)c1ccc(C(F)(F)F)cc1. The van der Waals surface area contributed by atoms with Crippen LogP contribution in [0, 0.1) is 0 Å². The van der Waals surface area contributed by atoms with Crippen molar-refractivity contribution in [2.24, 2.45) is 9.50 Å². The van der Waals surface area contributed by atoms with E-state index in [1.54, 1.807) is 24.7 Å². The highest BCUT2D eigenvalue weighted by Gasteiger charge is 2.30. The Morgan fingerprint density at radius 2 is 1.71 bits per heavy atom. The van der Waals surface area contributed by atoms with Crippen LogP contribution in [0.5, 0.6) is 0 Å². The number of nitrogens with one attached hydrogen (secondary N) is 1. The Hall–Kier alpha value is -3.04. The molecule has 0 aliphatic rings. The lowest BCUT2D eigenvalue weighted by molar-refractivity contribution is -0.137. The third kappa shape index (κ3) is 3.67. The second kappa shape index (κ2) is 7.17. The normalized spacial score (nSPS) is 13.1. The predicted molar refractivity (Wildman–Crippen MR) is 103 cm³/mol. The van der Waals surface area contributed by atoms with Gasteiger partial charge in [-0.2, -0.15) is 13.2 Å². The van der Waals surface area contributed by atoms with Crippen LogP contribution in [0.25, 0.3) is 22.3 Å². The Morgan fingerprint density at radius 1 is 1.00 bits per heavy atom. The summed E-state index contributed by atoms with van der Waals surface area (Å²) in [6, 6.07) is 12.2. The summed E-state index contributed by atoms with van der Waals surface area (Å²) < 4.78 is 42.6. The fraction of sp³-hybridized carbons (Fsp3) is 0.0526. The van der Waals surface area contributed by atoms with E-state index >= 15 is 0 Å². The third-order valence-electron chi connectivity index (χ3n) is 4.10. The zero-order valence-electron chi connectivity index (χ0n) is 14.3. The van der Waals surface area contributed by atoms with Crippen LogP contribution >= 0.6 is 0 Å². The number of halogens is 3. The minimum atomic E-state index is -4.38. The van der Waals surface area contributed by atoms with E-state index in [1.807, 2.05) is 18.2 Å². The Balaban J connectivity index is 1.70. The number of hydrogen-bond donors (Lipinski definition) is 2. The van der Waals surface area contributed by atoms with Gasteiger partial charge in [0.2, 0.25) is 0 Å². The van der Waals surface area contributed by atoms with Crippen LogP contribution in [-0.4, -0.2) is 15.0 Å². The van der Waals surface area contributed by atoms with Gasteiger partial charge in [0, 0.05) is 50.8 Å². The van der Waals surface area contributed by atoms with Crippen molar-refractivity contribution in [3.63, 3.8) is 0 Å². The summed E-state index contributed by atoms with van der Waals surface area (Å²) >= 11 is 0. The van der Waals surface area contributed by atoms with Gasteiger partial charge in [-0.05, 0) is 48.5 Å². The number of alkyl halides is 3. The molecule has 9 heteroatoms. The van der Waals surface area contributed by atoms with E-state index in [4.69, 9.17) is 5.14 Å². The Labute approximate surface area is 160 Å². The molecule has 0 radical (unpaired) electrons. The number of hydrogen-bond acceptors (Lipinski definition) is 3. The van der Waals surface area contributed by atoms with Crippen molar-refractivity contribution in [2.45, 2.75) is 11.1 Å². The van der Waals surface area contributed by atoms with E-state index in [0.29, 0.717) is 16.4 Å². The Kier molecular flexibility index (Phi) is 4.70. The van der Waals surface area contributed by atoms with E-state index in [9.17, 15) is 13.2 Å². The fourth-order valence-corrected chi connectivity index (χ4v) is 3.59. The number of aromatic nitrogens is 3. The molecule has 142 valence electrons. The van der Waals surface area contributed by atoms with Crippen molar-refractivity contribution in [3.05, 3.63) is 72.7 Å². The minimum absolute atomic E-state index is 0.518. The average molecular weight is 401 g/mol. The van der Waals surface area contributed by atoms with Crippen LogP contribution in [0.1, 0.15) is 5.56 Å². The van der Waals surface area contributed by atoms with Gasteiger partial charge in [-0.25, -0.2) is 14.3 Å². The van der Waals surface area contributed by atoms with Crippen LogP contribution in [0.3, 0.4) is 0 Å². The van der Waals surface area contributed by atoms with Crippen molar-refractivity contribution in [1.82, 2.24) is 15.0 Å². The molecule has 0 aliphatic carbocycles. The molecule has 2 aromatic heterocycles. The first-order valence-corrected chi connectivity index (χ1v) is 9.42. The molecule has 1 unspecified atom stereocenters. The summed E-state index contributed by atoms with van der Waals surface area (Å²) in [6.07, 6.45) is 0.667. The zero-order chi connectivity index (χ0) is 19.7. The summed E-state index contributed by atoms with van der Waals surface area (Å²) in [5, 5.41) is 6.96. The first kappa shape index (κ1) is 18.3. The number of rotatable bonds is 3. The number of fused-ring (bicyclic) bond motifs is 1. The topological polar surface area (TPSA) is 80.0 Å². The van der Waals surface area contributed by atoms with Gasteiger partial charge in [-0.15, -0.1) is 0 Å². The monoisotopic (exact) mass is 401 g/mol. The largest absolute Gasteiger partial charge is 0.416 e. The molecule has 0 saturated carbocycles.